The molecule has 0 radical (unpaired) electrons. The zero-order valence-electron chi connectivity index (χ0n) is 17.0. The molecule has 1 atom stereocenters. The number of halogens is 1. The van der Waals surface area contributed by atoms with Crippen LogP contribution in [0.5, 0.6) is 5.75 Å². The van der Waals surface area contributed by atoms with Gasteiger partial charge in [-0.05, 0) is 55.2 Å². The third-order valence-corrected chi connectivity index (χ3v) is 5.92. The maximum absolute atomic E-state index is 13.8. The number of carbonyl (C=O) groups excluding carboxylic acids is 2. The maximum Gasteiger partial charge on any atom is 0.258 e. The number of ether oxygens (including phenoxy) is 1. The molecule has 0 spiro atoms. The Morgan fingerprint density at radius 2 is 1.77 bits per heavy atom. The van der Waals surface area contributed by atoms with Gasteiger partial charge < -0.3 is 15.4 Å². The summed E-state index contributed by atoms with van der Waals surface area (Å²) in [7, 11) is 0. The van der Waals surface area contributed by atoms with E-state index in [1.54, 1.807) is 30.3 Å². The van der Waals surface area contributed by atoms with Gasteiger partial charge in [-0.25, -0.2) is 4.39 Å². The van der Waals surface area contributed by atoms with E-state index in [2.05, 4.69) is 10.6 Å². The van der Waals surface area contributed by atoms with Crippen molar-refractivity contribution in [2.24, 2.45) is 5.92 Å². The Kier molecular flexibility index (Phi) is 6.31. The number of carbonyl (C=O) groups is 2. The van der Waals surface area contributed by atoms with Crippen molar-refractivity contribution in [1.82, 2.24) is 5.32 Å². The number of anilines is 1. The lowest BCUT2D eigenvalue weighted by Crippen LogP contribution is -2.42. The Bertz CT molecular complexity index is 922. The number of rotatable bonds is 4. The molecule has 30 heavy (non-hydrogen) atoms. The SMILES string of the molecule is O=C(Nc1ccc2c(c1)C[C@H](C(=O)NC1CCCCCC1)CO2)c1ccccc1F. The topological polar surface area (TPSA) is 67.4 Å². The number of amides is 2. The molecule has 6 heteroatoms. The first-order valence-corrected chi connectivity index (χ1v) is 10.7. The Morgan fingerprint density at radius 3 is 2.53 bits per heavy atom. The molecule has 2 amide bonds. The molecule has 2 aliphatic rings. The summed E-state index contributed by atoms with van der Waals surface area (Å²) in [6.07, 6.45) is 7.46. The first-order chi connectivity index (χ1) is 14.6. The van der Waals surface area contributed by atoms with Crippen molar-refractivity contribution in [3.8, 4) is 5.75 Å². The highest BCUT2D eigenvalue weighted by atomic mass is 19.1. The summed E-state index contributed by atoms with van der Waals surface area (Å²) in [5, 5.41) is 5.93. The summed E-state index contributed by atoms with van der Waals surface area (Å²) in [6.45, 7) is 0.354. The van der Waals surface area contributed by atoms with Gasteiger partial charge in [0.2, 0.25) is 5.91 Å². The molecular weight excluding hydrogens is 383 g/mol. The summed E-state index contributed by atoms with van der Waals surface area (Å²) in [4.78, 5) is 25.1. The van der Waals surface area contributed by atoms with E-state index in [-0.39, 0.29) is 23.4 Å². The minimum Gasteiger partial charge on any atom is -0.492 e. The lowest BCUT2D eigenvalue weighted by molar-refractivity contribution is -0.127. The fraction of sp³-hybridized carbons (Fsp3) is 0.417. The molecule has 0 aromatic heterocycles. The molecule has 1 heterocycles. The molecule has 4 rings (SSSR count). The number of hydrogen-bond acceptors (Lipinski definition) is 3. The molecule has 158 valence electrons. The van der Waals surface area contributed by atoms with Crippen molar-refractivity contribution in [3.05, 3.63) is 59.4 Å². The smallest absolute Gasteiger partial charge is 0.258 e. The van der Waals surface area contributed by atoms with Crippen molar-refractivity contribution < 1.29 is 18.7 Å². The van der Waals surface area contributed by atoms with Gasteiger partial charge in [0.15, 0.2) is 0 Å². The molecule has 1 fully saturated rings. The second kappa shape index (κ2) is 9.28. The van der Waals surface area contributed by atoms with Crippen LogP contribution in [0.15, 0.2) is 42.5 Å². The van der Waals surface area contributed by atoms with Gasteiger partial charge in [0.05, 0.1) is 11.5 Å². The van der Waals surface area contributed by atoms with Crippen LogP contribution < -0.4 is 15.4 Å². The summed E-state index contributed by atoms with van der Waals surface area (Å²) in [6, 6.07) is 11.4. The minimum atomic E-state index is -0.563. The standard InChI is InChI=1S/C24H27FN2O3/c25-21-10-6-5-9-20(21)24(29)27-19-11-12-22-16(14-19)13-17(15-30-22)23(28)26-18-7-3-1-2-4-8-18/h5-6,9-12,14,17-18H,1-4,7-8,13,15H2,(H,26,28)(H,27,29)/t17-/m0/s1. The molecule has 1 aliphatic carbocycles. The van der Waals surface area contributed by atoms with E-state index in [0.717, 1.165) is 24.2 Å². The van der Waals surface area contributed by atoms with Crippen LogP contribution in [0.2, 0.25) is 0 Å². The van der Waals surface area contributed by atoms with Gasteiger partial charge >= 0.3 is 0 Å². The van der Waals surface area contributed by atoms with E-state index in [9.17, 15) is 14.0 Å². The quantitative estimate of drug-likeness (QED) is 0.731. The molecule has 1 aliphatic heterocycles. The van der Waals surface area contributed by atoms with Crippen molar-refractivity contribution >= 4 is 17.5 Å². The number of hydrogen-bond donors (Lipinski definition) is 2. The van der Waals surface area contributed by atoms with Crippen molar-refractivity contribution in [1.29, 1.82) is 0 Å². The average Bonchev–Trinajstić information content (AvgIpc) is 3.02. The van der Waals surface area contributed by atoms with E-state index in [0.29, 0.717) is 18.7 Å². The minimum absolute atomic E-state index is 0.00729. The second-order valence-corrected chi connectivity index (χ2v) is 8.17. The number of nitrogens with one attached hydrogen (secondary N) is 2. The third kappa shape index (κ3) is 4.81. The van der Waals surface area contributed by atoms with Crippen LogP contribution >= 0.6 is 0 Å². The predicted octanol–water partition coefficient (Wildman–Crippen LogP) is 4.47. The zero-order valence-corrected chi connectivity index (χ0v) is 17.0. The number of fused-ring (bicyclic) bond motifs is 1. The highest BCUT2D eigenvalue weighted by Gasteiger charge is 2.28. The third-order valence-electron chi connectivity index (χ3n) is 5.92. The van der Waals surface area contributed by atoms with Gasteiger partial charge in [0.25, 0.3) is 5.91 Å². The normalized spacial score (nSPS) is 19.2. The molecule has 2 N–H and O–H groups in total. The Balaban J connectivity index is 1.41. The lowest BCUT2D eigenvalue weighted by Gasteiger charge is -2.27. The van der Waals surface area contributed by atoms with E-state index in [1.165, 1.54) is 37.8 Å². The number of benzene rings is 2. The van der Waals surface area contributed by atoms with E-state index in [1.807, 2.05) is 0 Å². The van der Waals surface area contributed by atoms with Crippen LogP contribution in [0.25, 0.3) is 0 Å². The maximum atomic E-state index is 13.8. The van der Waals surface area contributed by atoms with Gasteiger partial charge in [-0.2, -0.15) is 0 Å². The predicted molar refractivity (Wildman–Crippen MR) is 113 cm³/mol. The second-order valence-electron chi connectivity index (χ2n) is 8.17. The molecule has 0 saturated heterocycles. The molecule has 1 saturated carbocycles. The monoisotopic (exact) mass is 410 g/mol. The van der Waals surface area contributed by atoms with Crippen LogP contribution in [0.4, 0.5) is 10.1 Å². The lowest BCUT2D eigenvalue weighted by atomic mass is 9.95. The highest BCUT2D eigenvalue weighted by Crippen LogP contribution is 2.30. The first kappa shape index (κ1) is 20.4. The van der Waals surface area contributed by atoms with E-state index >= 15 is 0 Å². The van der Waals surface area contributed by atoms with Crippen molar-refractivity contribution in [2.75, 3.05) is 11.9 Å². The van der Waals surface area contributed by atoms with Crippen LogP contribution in [0.3, 0.4) is 0 Å². The largest absolute Gasteiger partial charge is 0.492 e. The molecule has 0 bridgehead atoms. The van der Waals surface area contributed by atoms with Crippen molar-refractivity contribution in [3.63, 3.8) is 0 Å². The van der Waals surface area contributed by atoms with Crippen LogP contribution in [0, 0.1) is 11.7 Å². The van der Waals surface area contributed by atoms with Gasteiger partial charge in [-0.1, -0.05) is 37.8 Å². The first-order valence-electron chi connectivity index (χ1n) is 10.7. The van der Waals surface area contributed by atoms with Gasteiger partial charge in [0.1, 0.15) is 18.2 Å². The van der Waals surface area contributed by atoms with Crippen LogP contribution in [-0.4, -0.2) is 24.5 Å². The average molecular weight is 410 g/mol. The molecule has 2 aromatic rings. The fourth-order valence-electron chi connectivity index (χ4n) is 4.23. The van der Waals surface area contributed by atoms with Crippen molar-refractivity contribution in [2.45, 2.75) is 51.0 Å². The Morgan fingerprint density at radius 1 is 1.00 bits per heavy atom. The molecule has 0 unspecified atom stereocenters. The Labute approximate surface area is 176 Å². The van der Waals surface area contributed by atoms with Gasteiger partial charge in [-0.15, -0.1) is 0 Å². The Hall–Kier alpha value is -2.89. The summed E-state index contributed by atoms with van der Waals surface area (Å²) in [5.74, 6) is -0.567. The summed E-state index contributed by atoms with van der Waals surface area (Å²) >= 11 is 0. The van der Waals surface area contributed by atoms with Gasteiger partial charge in [-0.3, -0.25) is 9.59 Å². The van der Waals surface area contributed by atoms with E-state index < -0.39 is 11.7 Å². The highest BCUT2D eigenvalue weighted by molar-refractivity contribution is 6.04. The zero-order chi connectivity index (χ0) is 20.9. The van der Waals surface area contributed by atoms with E-state index in [4.69, 9.17) is 4.74 Å². The summed E-state index contributed by atoms with van der Waals surface area (Å²) in [5.41, 5.74) is 1.41. The van der Waals surface area contributed by atoms with Crippen LogP contribution in [0.1, 0.15) is 54.4 Å². The van der Waals surface area contributed by atoms with Crippen LogP contribution in [-0.2, 0) is 11.2 Å². The fourth-order valence-corrected chi connectivity index (χ4v) is 4.23. The summed E-state index contributed by atoms with van der Waals surface area (Å²) < 4.78 is 19.6. The molecule has 5 nitrogen and oxygen atoms in total. The molecule has 2 aromatic carbocycles. The van der Waals surface area contributed by atoms with Gasteiger partial charge in [0, 0.05) is 11.7 Å². The molecular formula is C24H27FN2O3.